The summed E-state index contributed by atoms with van der Waals surface area (Å²) in [7, 11) is 1.78. The van der Waals surface area contributed by atoms with Crippen LogP contribution in [0.5, 0.6) is 11.5 Å². The Morgan fingerprint density at radius 2 is 1.90 bits per heavy atom. The SMILES string of the molecule is CN=C(NCc1ccc(OC(C)C)cc1)NCc1ccc(C)cc1OCC1CCOC1. The van der Waals surface area contributed by atoms with Crippen molar-refractivity contribution in [2.24, 2.45) is 10.9 Å². The van der Waals surface area contributed by atoms with Crippen molar-refractivity contribution in [1.29, 1.82) is 0 Å². The van der Waals surface area contributed by atoms with Gasteiger partial charge in [0.15, 0.2) is 5.96 Å². The molecule has 31 heavy (non-hydrogen) atoms. The molecule has 1 saturated heterocycles. The highest BCUT2D eigenvalue weighted by atomic mass is 16.5. The van der Waals surface area contributed by atoms with Gasteiger partial charge < -0.3 is 24.8 Å². The van der Waals surface area contributed by atoms with Crippen LogP contribution in [0.15, 0.2) is 47.5 Å². The summed E-state index contributed by atoms with van der Waals surface area (Å²) in [5, 5.41) is 6.76. The average Bonchev–Trinajstić information content (AvgIpc) is 3.28. The summed E-state index contributed by atoms with van der Waals surface area (Å²) in [6.45, 7) is 9.78. The molecule has 1 unspecified atom stereocenters. The molecule has 0 saturated carbocycles. The van der Waals surface area contributed by atoms with Gasteiger partial charge in [-0.2, -0.15) is 0 Å². The Balaban J connectivity index is 1.51. The standard InChI is InChI=1S/C25H35N3O3/c1-18(2)31-23-9-6-20(7-10-23)14-27-25(26-4)28-15-22-8-5-19(3)13-24(22)30-17-21-11-12-29-16-21/h5-10,13,18,21H,11-12,14-17H2,1-4H3,(H2,26,27,28). The van der Waals surface area contributed by atoms with E-state index in [-0.39, 0.29) is 6.10 Å². The summed E-state index contributed by atoms with van der Waals surface area (Å²) in [6.07, 6.45) is 1.25. The maximum atomic E-state index is 6.14. The number of nitrogens with zero attached hydrogens (tertiary/aromatic N) is 1. The molecule has 0 aromatic heterocycles. The lowest BCUT2D eigenvalue weighted by atomic mass is 10.1. The maximum Gasteiger partial charge on any atom is 0.191 e. The third-order valence-corrected chi connectivity index (χ3v) is 5.15. The number of nitrogens with one attached hydrogen (secondary N) is 2. The molecule has 0 aliphatic carbocycles. The Kier molecular flexibility index (Phi) is 8.59. The monoisotopic (exact) mass is 425 g/mol. The molecule has 6 nitrogen and oxygen atoms in total. The van der Waals surface area contributed by atoms with Crippen LogP contribution in [-0.2, 0) is 17.8 Å². The van der Waals surface area contributed by atoms with Crippen LogP contribution >= 0.6 is 0 Å². The number of aliphatic imine (C=N–C) groups is 1. The second-order valence-electron chi connectivity index (χ2n) is 8.24. The molecule has 2 N–H and O–H groups in total. The van der Waals surface area contributed by atoms with E-state index in [0.29, 0.717) is 25.6 Å². The molecular formula is C25H35N3O3. The van der Waals surface area contributed by atoms with E-state index in [4.69, 9.17) is 14.2 Å². The predicted molar refractivity (Wildman–Crippen MR) is 125 cm³/mol. The van der Waals surface area contributed by atoms with E-state index in [1.807, 2.05) is 26.0 Å². The molecular weight excluding hydrogens is 390 g/mol. The molecule has 3 rings (SSSR count). The largest absolute Gasteiger partial charge is 0.493 e. The van der Waals surface area contributed by atoms with Crippen molar-refractivity contribution in [3.63, 3.8) is 0 Å². The zero-order valence-corrected chi connectivity index (χ0v) is 19.1. The van der Waals surface area contributed by atoms with Gasteiger partial charge in [0, 0.05) is 38.2 Å². The maximum absolute atomic E-state index is 6.14. The lowest BCUT2D eigenvalue weighted by Crippen LogP contribution is -2.36. The van der Waals surface area contributed by atoms with Crippen LogP contribution in [0.25, 0.3) is 0 Å². The highest BCUT2D eigenvalue weighted by molar-refractivity contribution is 5.79. The number of benzene rings is 2. The van der Waals surface area contributed by atoms with Gasteiger partial charge in [-0.3, -0.25) is 4.99 Å². The summed E-state index contributed by atoms with van der Waals surface area (Å²) >= 11 is 0. The summed E-state index contributed by atoms with van der Waals surface area (Å²) < 4.78 is 17.3. The number of aryl methyl sites for hydroxylation is 1. The van der Waals surface area contributed by atoms with Crippen molar-refractivity contribution in [2.45, 2.75) is 46.4 Å². The highest BCUT2D eigenvalue weighted by Crippen LogP contribution is 2.22. The van der Waals surface area contributed by atoms with E-state index in [2.05, 4.69) is 52.9 Å². The van der Waals surface area contributed by atoms with Gasteiger partial charge in [0.1, 0.15) is 11.5 Å². The van der Waals surface area contributed by atoms with Gasteiger partial charge in [0.25, 0.3) is 0 Å². The lowest BCUT2D eigenvalue weighted by molar-refractivity contribution is 0.166. The van der Waals surface area contributed by atoms with Crippen molar-refractivity contribution in [1.82, 2.24) is 10.6 Å². The number of guanidine groups is 1. The van der Waals surface area contributed by atoms with Crippen LogP contribution in [0.2, 0.25) is 0 Å². The van der Waals surface area contributed by atoms with Crippen LogP contribution in [0.1, 0.15) is 37.0 Å². The van der Waals surface area contributed by atoms with Crippen molar-refractivity contribution in [2.75, 3.05) is 26.9 Å². The quantitative estimate of drug-likeness (QED) is 0.469. The second-order valence-corrected chi connectivity index (χ2v) is 8.24. The Labute approximate surface area is 186 Å². The third-order valence-electron chi connectivity index (χ3n) is 5.15. The van der Waals surface area contributed by atoms with Gasteiger partial charge in [-0.25, -0.2) is 0 Å². The van der Waals surface area contributed by atoms with Crippen LogP contribution in [-0.4, -0.2) is 38.9 Å². The van der Waals surface area contributed by atoms with Gasteiger partial charge in [-0.1, -0.05) is 24.3 Å². The van der Waals surface area contributed by atoms with E-state index in [1.54, 1.807) is 7.05 Å². The fourth-order valence-electron chi connectivity index (χ4n) is 3.41. The zero-order chi connectivity index (χ0) is 22.1. The van der Waals surface area contributed by atoms with Crippen LogP contribution in [0.3, 0.4) is 0 Å². The Morgan fingerprint density at radius 1 is 1.13 bits per heavy atom. The first kappa shape index (κ1) is 22.9. The molecule has 1 fully saturated rings. The Hall–Kier alpha value is -2.73. The average molecular weight is 426 g/mol. The predicted octanol–water partition coefficient (Wildman–Crippen LogP) is 4.06. The van der Waals surface area contributed by atoms with Crippen molar-refractivity contribution in [3.05, 3.63) is 59.2 Å². The minimum absolute atomic E-state index is 0.175. The Bertz CT molecular complexity index is 844. The second kappa shape index (κ2) is 11.6. The number of rotatable bonds is 9. The molecule has 1 atom stereocenters. The summed E-state index contributed by atoms with van der Waals surface area (Å²) in [6, 6.07) is 14.5. The van der Waals surface area contributed by atoms with Crippen LogP contribution in [0, 0.1) is 12.8 Å². The minimum Gasteiger partial charge on any atom is -0.493 e. The van der Waals surface area contributed by atoms with Crippen molar-refractivity contribution < 1.29 is 14.2 Å². The molecule has 0 radical (unpaired) electrons. The van der Waals surface area contributed by atoms with Gasteiger partial charge in [-0.05, 0) is 56.5 Å². The summed E-state index contributed by atoms with van der Waals surface area (Å²) in [5.41, 5.74) is 3.47. The van der Waals surface area contributed by atoms with Gasteiger partial charge in [-0.15, -0.1) is 0 Å². The van der Waals surface area contributed by atoms with Gasteiger partial charge >= 0.3 is 0 Å². The number of hydrogen-bond donors (Lipinski definition) is 2. The lowest BCUT2D eigenvalue weighted by Gasteiger charge is -2.17. The van der Waals surface area contributed by atoms with E-state index < -0.39 is 0 Å². The summed E-state index contributed by atoms with van der Waals surface area (Å²) in [5.74, 6) is 3.04. The number of ether oxygens (including phenoxy) is 3. The fourth-order valence-corrected chi connectivity index (χ4v) is 3.41. The zero-order valence-electron chi connectivity index (χ0n) is 19.1. The molecule has 0 bridgehead atoms. The fraction of sp³-hybridized carbons (Fsp3) is 0.480. The molecule has 2 aromatic carbocycles. The number of hydrogen-bond acceptors (Lipinski definition) is 4. The molecule has 1 heterocycles. The molecule has 1 aliphatic heterocycles. The van der Waals surface area contributed by atoms with Crippen LogP contribution < -0.4 is 20.1 Å². The van der Waals surface area contributed by atoms with Gasteiger partial charge in [0.2, 0.25) is 0 Å². The van der Waals surface area contributed by atoms with E-state index >= 15 is 0 Å². The topological polar surface area (TPSA) is 64.1 Å². The van der Waals surface area contributed by atoms with Crippen molar-refractivity contribution >= 4 is 5.96 Å². The van der Waals surface area contributed by atoms with Gasteiger partial charge in [0.05, 0.1) is 19.3 Å². The molecule has 168 valence electrons. The minimum atomic E-state index is 0.175. The molecule has 0 amide bonds. The van der Waals surface area contributed by atoms with Crippen LogP contribution in [0.4, 0.5) is 0 Å². The molecule has 0 spiro atoms. The molecule has 6 heteroatoms. The first-order valence-electron chi connectivity index (χ1n) is 11.0. The molecule has 1 aliphatic rings. The van der Waals surface area contributed by atoms with Crippen molar-refractivity contribution in [3.8, 4) is 11.5 Å². The normalized spacial score (nSPS) is 16.4. The van der Waals surface area contributed by atoms with E-state index in [1.165, 1.54) is 5.56 Å². The highest BCUT2D eigenvalue weighted by Gasteiger charge is 2.17. The molecule has 2 aromatic rings. The first-order chi connectivity index (χ1) is 15.0. The van der Waals surface area contributed by atoms with E-state index in [0.717, 1.165) is 48.2 Å². The third kappa shape index (κ3) is 7.47. The smallest absolute Gasteiger partial charge is 0.191 e. The van der Waals surface area contributed by atoms with E-state index in [9.17, 15) is 0 Å². The first-order valence-corrected chi connectivity index (χ1v) is 11.0. The Morgan fingerprint density at radius 3 is 2.58 bits per heavy atom. The summed E-state index contributed by atoms with van der Waals surface area (Å²) in [4.78, 5) is 4.34.